The van der Waals surface area contributed by atoms with Crippen molar-refractivity contribution in [1.82, 2.24) is 14.6 Å². The van der Waals surface area contributed by atoms with Gasteiger partial charge in [-0.15, -0.1) is 0 Å². The highest BCUT2D eigenvalue weighted by molar-refractivity contribution is 7.89. The SMILES string of the molecule is C=CC(=O)NC1CCCN(S(=O)(=O)c2ccc(Nc3cc4ccccc4cn3)cc2)CC1. The number of sulfonamides is 1. The molecule has 2 heterocycles. The molecule has 1 atom stereocenters. The lowest BCUT2D eigenvalue weighted by atomic mass is 10.1. The van der Waals surface area contributed by atoms with E-state index in [1.54, 1.807) is 30.5 Å². The number of hydrogen-bond acceptors (Lipinski definition) is 5. The third-order valence-corrected chi connectivity index (χ3v) is 7.53. The second-order valence-corrected chi connectivity index (χ2v) is 9.75. The first-order valence-electron chi connectivity index (χ1n) is 10.6. The molecule has 2 N–H and O–H groups in total. The molecule has 0 spiro atoms. The van der Waals surface area contributed by atoms with Crippen molar-refractivity contribution in [2.45, 2.75) is 30.2 Å². The lowest BCUT2D eigenvalue weighted by molar-refractivity contribution is -0.117. The molecule has 1 unspecified atom stereocenters. The van der Waals surface area contributed by atoms with Crippen molar-refractivity contribution in [2.24, 2.45) is 0 Å². The molecule has 2 aromatic carbocycles. The van der Waals surface area contributed by atoms with E-state index in [0.717, 1.165) is 22.9 Å². The van der Waals surface area contributed by atoms with Crippen molar-refractivity contribution in [1.29, 1.82) is 0 Å². The summed E-state index contributed by atoms with van der Waals surface area (Å²) in [5.41, 5.74) is 0.759. The van der Waals surface area contributed by atoms with E-state index in [1.807, 2.05) is 30.3 Å². The minimum atomic E-state index is -3.60. The minimum Gasteiger partial charge on any atom is -0.350 e. The molecule has 8 heteroatoms. The second kappa shape index (κ2) is 9.50. The van der Waals surface area contributed by atoms with Crippen molar-refractivity contribution in [3.05, 3.63) is 73.4 Å². The Morgan fingerprint density at radius 1 is 1.06 bits per heavy atom. The molecule has 166 valence electrons. The third kappa shape index (κ3) is 4.98. The summed E-state index contributed by atoms with van der Waals surface area (Å²) in [6.45, 7) is 4.26. The number of aromatic nitrogens is 1. The predicted octanol–water partition coefficient (Wildman–Crippen LogP) is 3.82. The first-order valence-corrected chi connectivity index (χ1v) is 12.0. The van der Waals surface area contributed by atoms with E-state index in [9.17, 15) is 13.2 Å². The largest absolute Gasteiger partial charge is 0.350 e. The van der Waals surface area contributed by atoms with Gasteiger partial charge in [-0.2, -0.15) is 4.31 Å². The highest BCUT2D eigenvalue weighted by Gasteiger charge is 2.27. The predicted molar refractivity (Wildman–Crippen MR) is 126 cm³/mol. The number of pyridine rings is 1. The summed E-state index contributed by atoms with van der Waals surface area (Å²) < 4.78 is 27.8. The van der Waals surface area contributed by atoms with Crippen molar-refractivity contribution in [2.75, 3.05) is 18.4 Å². The molecular weight excluding hydrogens is 424 g/mol. The van der Waals surface area contributed by atoms with E-state index in [2.05, 4.69) is 22.2 Å². The Balaban J connectivity index is 1.44. The van der Waals surface area contributed by atoms with Crippen LogP contribution in [0.15, 0.2) is 78.3 Å². The zero-order chi connectivity index (χ0) is 22.6. The van der Waals surface area contributed by atoms with Crippen molar-refractivity contribution >= 4 is 38.2 Å². The maximum absolute atomic E-state index is 13.1. The second-order valence-electron chi connectivity index (χ2n) is 7.81. The van der Waals surface area contributed by atoms with Crippen molar-refractivity contribution < 1.29 is 13.2 Å². The molecule has 3 aromatic rings. The fourth-order valence-corrected chi connectivity index (χ4v) is 5.37. The van der Waals surface area contributed by atoms with Gasteiger partial charge in [0.25, 0.3) is 0 Å². The Morgan fingerprint density at radius 2 is 1.81 bits per heavy atom. The van der Waals surface area contributed by atoms with Gasteiger partial charge < -0.3 is 10.6 Å². The number of hydrogen-bond donors (Lipinski definition) is 2. The van der Waals surface area contributed by atoms with Gasteiger partial charge in [0.15, 0.2) is 0 Å². The van der Waals surface area contributed by atoms with Crippen LogP contribution in [-0.4, -0.2) is 42.7 Å². The molecule has 0 saturated carbocycles. The number of rotatable bonds is 6. The molecule has 4 rings (SSSR count). The zero-order valence-electron chi connectivity index (χ0n) is 17.7. The van der Waals surface area contributed by atoms with Gasteiger partial charge in [0.2, 0.25) is 15.9 Å². The number of benzene rings is 2. The Bertz CT molecular complexity index is 1230. The van der Waals surface area contributed by atoms with Crippen LogP contribution >= 0.6 is 0 Å². The van der Waals surface area contributed by atoms with Gasteiger partial charge in [-0.05, 0) is 61.1 Å². The number of carbonyl (C=O) groups excluding carboxylic acids is 1. The highest BCUT2D eigenvalue weighted by atomic mass is 32.2. The molecule has 0 bridgehead atoms. The van der Waals surface area contributed by atoms with E-state index >= 15 is 0 Å². The van der Waals surface area contributed by atoms with Gasteiger partial charge in [-0.25, -0.2) is 13.4 Å². The van der Waals surface area contributed by atoms with Crippen LogP contribution in [0.4, 0.5) is 11.5 Å². The maximum Gasteiger partial charge on any atom is 0.243 e. The summed E-state index contributed by atoms with van der Waals surface area (Å²) in [5, 5.41) is 8.23. The zero-order valence-corrected chi connectivity index (χ0v) is 18.5. The van der Waals surface area contributed by atoms with Gasteiger partial charge in [0.1, 0.15) is 5.82 Å². The Labute approximate surface area is 188 Å². The number of amides is 1. The average molecular weight is 451 g/mol. The molecule has 1 aromatic heterocycles. The number of carbonyl (C=O) groups is 1. The fraction of sp³-hybridized carbons (Fsp3) is 0.250. The molecule has 7 nitrogen and oxygen atoms in total. The van der Waals surface area contributed by atoms with E-state index in [1.165, 1.54) is 10.4 Å². The van der Waals surface area contributed by atoms with E-state index < -0.39 is 10.0 Å². The Morgan fingerprint density at radius 3 is 2.56 bits per heavy atom. The van der Waals surface area contributed by atoms with Crippen LogP contribution < -0.4 is 10.6 Å². The quantitative estimate of drug-likeness (QED) is 0.557. The van der Waals surface area contributed by atoms with Crippen LogP contribution in [0, 0.1) is 0 Å². The van der Waals surface area contributed by atoms with Crippen LogP contribution in [0.2, 0.25) is 0 Å². The highest BCUT2D eigenvalue weighted by Crippen LogP contribution is 2.24. The number of anilines is 2. The molecule has 0 aliphatic carbocycles. The summed E-state index contributed by atoms with van der Waals surface area (Å²) in [6, 6.07) is 16.6. The molecule has 1 saturated heterocycles. The number of nitrogens with zero attached hydrogens (tertiary/aromatic N) is 2. The summed E-state index contributed by atoms with van der Waals surface area (Å²) in [4.78, 5) is 16.2. The molecule has 32 heavy (non-hydrogen) atoms. The van der Waals surface area contributed by atoms with Crippen LogP contribution in [-0.2, 0) is 14.8 Å². The van der Waals surface area contributed by atoms with E-state index in [0.29, 0.717) is 31.7 Å². The van der Waals surface area contributed by atoms with Gasteiger partial charge in [0, 0.05) is 36.4 Å². The first-order chi connectivity index (χ1) is 15.5. The van der Waals surface area contributed by atoms with Crippen LogP contribution in [0.3, 0.4) is 0 Å². The summed E-state index contributed by atoms with van der Waals surface area (Å²) in [7, 11) is -3.60. The minimum absolute atomic E-state index is 0.0401. The summed E-state index contributed by atoms with van der Waals surface area (Å²) >= 11 is 0. The smallest absolute Gasteiger partial charge is 0.243 e. The van der Waals surface area contributed by atoms with E-state index in [-0.39, 0.29) is 16.8 Å². The Hall–Kier alpha value is -3.23. The molecule has 1 fully saturated rings. The first kappa shape index (κ1) is 22.0. The fourth-order valence-electron chi connectivity index (χ4n) is 3.87. The van der Waals surface area contributed by atoms with Crippen LogP contribution in [0.1, 0.15) is 19.3 Å². The van der Waals surface area contributed by atoms with Crippen LogP contribution in [0.5, 0.6) is 0 Å². The normalized spacial score (nSPS) is 17.4. The topological polar surface area (TPSA) is 91.4 Å². The van der Waals surface area contributed by atoms with E-state index in [4.69, 9.17) is 0 Å². The lowest BCUT2D eigenvalue weighted by Gasteiger charge is -2.20. The van der Waals surface area contributed by atoms with Gasteiger partial charge >= 0.3 is 0 Å². The third-order valence-electron chi connectivity index (χ3n) is 5.61. The van der Waals surface area contributed by atoms with Crippen molar-refractivity contribution in [3.8, 4) is 0 Å². The maximum atomic E-state index is 13.1. The molecule has 1 aliphatic heterocycles. The number of nitrogens with one attached hydrogen (secondary N) is 2. The Kier molecular flexibility index (Phi) is 6.53. The standard InChI is InChI=1S/C24H26N4O3S/c1-2-24(29)27-20-8-5-14-28(15-13-20)32(30,31)22-11-9-21(10-12-22)26-23-16-18-6-3-4-7-19(18)17-25-23/h2-4,6-7,9-12,16-17,20H,1,5,8,13-15H2,(H,25,26)(H,27,29). The lowest BCUT2D eigenvalue weighted by Crippen LogP contribution is -2.36. The molecule has 1 aliphatic rings. The monoisotopic (exact) mass is 450 g/mol. The van der Waals surface area contributed by atoms with Gasteiger partial charge in [-0.3, -0.25) is 4.79 Å². The molecule has 0 radical (unpaired) electrons. The van der Waals surface area contributed by atoms with Crippen LogP contribution in [0.25, 0.3) is 10.8 Å². The van der Waals surface area contributed by atoms with Gasteiger partial charge in [-0.1, -0.05) is 30.8 Å². The molecule has 1 amide bonds. The van der Waals surface area contributed by atoms with Crippen molar-refractivity contribution in [3.63, 3.8) is 0 Å². The summed E-state index contributed by atoms with van der Waals surface area (Å²) in [6.07, 6.45) is 5.05. The summed E-state index contributed by atoms with van der Waals surface area (Å²) in [5.74, 6) is 0.467. The molecular formula is C24H26N4O3S. The average Bonchev–Trinajstić information content (AvgIpc) is 3.05. The number of fused-ring (bicyclic) bond motifs is 1. The van der Waals surface area contributed by atoms with Gasteiger partial charge in [0.05, 0.1) is 4.90 Å².